The number of carbonyl (C=O) groups is 1. The fourth-order valence-electron chi connectivity index (χ4n) is 2.82. The van der Waals surface area contributed by atoms with Crippen molar-refractivity contribution in [2.24, 2.45) is 5.92 Å². The highest BCUT2D eigenvalue weighted by Gasteiger charge is 2.22. The van der Waals surface area contributed by atoms with Crippen molar-refractivity contribution >= 4 is 11.7 Å². The van der Waals surface area contributed by atoms with E-state index >= 15 is 0 Å². The van der Waals surface area contributed by atoms with Crippen molar-refractivity contribution in [3.63, 3.8) is 0 Å². The Morgan fingerprint density at radius 1 is 1.53 bits per heavy atom. The van der Waals surface area contributed by atoms with E-state index in [4.69, 9.17) is 0 Å². The van der Waals surface area contributed by atoms with E-state index < -0.39 is 5.97 Å². The molecule has 2 rings (SSSR count). The van der Waals surface area contributed by atoms with Gasteiger partial charge in [-0.3, -0.25) is 0 Å². The van der Waals surface area contributed by atoms with Gasteiger partial charge < -0.3 is 14.9 Å². The standard InChI is InChI=1S/C15H22N2O2/c1-11-4-5-14(13(8-11)15(18)19)17(3)10-12-6-7-16(2)9-12/h4-5,8,12H,6-7,9-10H2,1-3H3,(H,18,19). The summed E-state index contributed by atoms with van der Waals surface area (Å²) in [7, 11) is 4.12. The molecular weight excluding hydrogens is 240 g/mol. The minimum absolute atomic E-state index is 0.397. The normalized spacial score (nSPS) is 19.6. The zero-order valence-electron chi connectivity index (χ0n) is 11.9. The van der Waals surface area contributed by atoms with Crippen LogP contribution in [-0.2, 0) is 0 Å². The predicted octanol–water partition coefficient (Wildman–Crippen LogP) is 2.08. The number of benzene rings is 1. The molecule has 1 unspecified atom stereocenters. The van der Waals surface area contributed by atoms with Crippen LogP contribution in [0, 0.1) is 12.8 Å². The minimum atomic E-state index is -0.853. The van der Waals surface area contributed by atoms with Crippen molar-refractivity contribution in [1.82, 2.24) is 4.90 Å². The lowest BCUT2D eigenvalue weighted by Gasteiger charge is -2.24. The third-order valence-corrected chi connectivity index (χ3v) is 3.81. The molecule has 4 nitrogen and oxygen atoms in total. The molecule has 1 aliphatic heterocycles. The average molecular weight is 262 g/mol. The Kier molecular flexibility index (Phi) is 4.10. The van der Waals surface area contributed by atoms with Gasteiger partial charge in [0.2, 0.25) is 0 Å². The number of carboxylic acids is 1. The van der Waals surface area contributed by atoms with Gasteiger partial charge in [0.25, 0.3) is 0 Å². The maximum absolute atomic E-state index is 11.3. The molecule has 1 N–H and O–H groups in total. The summed E-state index contributed by atoms with van der Waals surface area (Å²) >= 11 is 0. The Morgan fingerprint density at radius 2 is 2.26 bits per heavy atom. The largest absolute Gasteiger partial charge is 0.478 e. The SMILES string of the molecule is Cc1ccc(N(C)CC2CCN(C)C2)c(C(=O)O)c1. The van der Waals surface area contributed by atoms with E-state index in [9.17, 15) is 9.90 Å². The molecule has 0 aliphatic carbocycles. The van der Waals surface area contributed by atoms with Gasteiger partial charge in [0.15, 0.2) is 0 Å². The number of anilines is 1. The van der Waals surface area contributed by atoms with Gasteiger partial charge in [-0.05, 0) is 45.0 Å². The lowest BCUT2D eigenvalue weighted by Crippen LogP contribution is -2.28. The Morgan fingerprint density at radius 3 is 2.84 bits per heavy atom. The first-order valence-corrected chi connectivity index (χ1v) is 6.71. The van der Waals surface area contributed by atoms with Gasteiger partial charge in [-0.25, -0.2) is 4.79 Å². The molecule has 1 aromatic rings. The van der Waals surface area contributed by atoms with Gasteiger partial charge in [0.1, 0.15) is 0 Å². The van der Waals surface area contributed by atoms with Crippen LogP contribution in [0.5, 0.6) is 0 Å². The molecule has 1 saturated heterocycles. The van der Waals surface area contributed by atoms with E-state index in [1.165, 1.54) is 6.42 Å². The van der Waals surface area contributed by atoms with Crippen molar-refractivity contribution in [2.75, 3.05) is 38.6 Å². The fraction of sp³-hybridized carbons (Fsp3) is 0.533. The number of rotatable bonds is 4. The first-order valence-electron chi connectivity index (χ1n) is 6.71. The quantitative estimate of drug-likeness (QED) is 0.902. The highest BCUT2D eigenvalue weighted by molar-refractivity contribution is 5.94. The summed E-state index contributed by atoms with van der Waals surface area (Å²) in [5.74, 6) is -0.230. The highest BCUT2D eigenvalue weighted by Crippen LogP contribution is 2.24. The average Bonchev–Trinajstić information content (AvgIpc) is 2.74. The summed E-state index contributed by atoms with van der Waals surface area (Å²) in [6.07, 6.45) is 1.19. The van der Waals surface area contributed by atoms with Crippen LogP contribution >= 0.6 is 0 Å². The second kappa shape index (κ2) is 5.61. The molecule has 1 heterocycles. The molecule has 0 aromatic heterocycles. The zero-order valence-corrected chi connectivity index (χ0v) is 11.9. The summed E-state index contributed by atoms with van der Waals surface area (Å²) in [6.45, 7) is 5.06. The third kappa shape index (κ3) is 3.26. The van der Waals surface area contributed by atoms with Crippen LogP contribution < -0.4 is 4.90 Å². The van der Waals surface area contributed by atoms with Crippen molar-refractivity contribution in [2.45, 2.75) is 13.3 Å². The van der Waals surface area contributed by atoms with Crippen LogP contribution in [0.25, 0.3) is 0 Å². The topological polar surface area (TPSA) is 43.8 Å². The molecule has 1 aliphatic rings. The molecule has 104 valence electrons. The summed E-state index contributed by atoms with van der Waals surface area (Å²) < 4.78 is 0. The molecule has 19 heavy (non-hydrogen) atoms. The van der Waals surface area contributed by atoms with Crippen molar-refractivity contribution in [1.29, 1.82) is 0 Å². The maximum Gasteiger partial charge on any atom is 0.337 e. The fourth-order valence-corrected chi connectivity index (χ4v) is 2.82. The second-order valence-electron chi connectivity index (χ2n) is 5.62. The Balaban J connectivity index is 2.14. The summed E-state index contributed by atoms with van der Waals surface area (Å²) in [4.78, 5) is 15.7. The Labute approximate surface area is 114 Å². The van der Waals surface area contributed by atoms with E-state index in [1.54, 1.807) is 6.07 Å². The van der Waals surface area contributed by atoms with Crippen LogP contribution in [0.3, 0.4) is 0 Å². The number of aryl methyl sites for hydroxylation is 1. The van der Waals surface area contributed by atoms with Crippen LogP contribution in [0.1, 0.15) is 22.3 Å². The Hall–Kier alpha value is -1.55. The number of carboxylic acid groups (broad SMARTS) is 1. The van der Waals surface area contributed by atoms with E-state index in [1.807, 2.05) is 26.1 Å². The van der Waals surface area contributed by atoms with E-state index in [0.717, 1.165) is 30.9 Å². The molecule has 1 fully saturated rings. The molecule has 0 amide bonds. The van der Waals surface area contributed by atoms with Gasteiger partial charge in [-0.15, -0.1) is 0 Å². The summed E-state index contributed by atoms with van der Waals surface area (Å²) in [5, 5.41) is 9.31. The first-order chi connectivity index (χ1) is 8.97. The van der Waals surface area contributed by atoms with Crippen molar-refractivity contribution in [3.05, 3.63) is 29.3 Å². The minimum Gasteiger partial charge on any atom is -0.478 e. The van der Waals surface area contributed by atoms with Crippen molar-refractivity contribution < 1.29 is 9.90 Å². The van der Waals surface area contributed by atoms with Gasteiger partial charge >= 0.3 is 5.97 Å². The maximum atomic E-state index is 11.3. The first kappa shape index (κ1) is 13.9. The number of aromatic carboxylic acids is 1. The molecule has 4 heteroatoms. The molecule has 0 saturated carbocycles. The van der Waals surface area contributed by atoms with Crippen LogP contribution in [0.2, 0.25) is 0 Å². The van der Waals surface area contributed by atoms with Crippen LogP contribution in [0.4, 0.5) is 5.69 Å². The monoisotopic (exact) mass is 262 g/mol. The van der Waals surface area contributed by atoms with Crippen molar-refractivity contribution in [3.8, 4) is 0 Å². The number of hydrogen-bond donors (Lipinski definition) is 1. The van der Waals surface area contributed by atoms with Gasteiger partial charge in [0.05, 0.1) is 11.3 Å². The molecule has 1 aromatic carbocycles. The molecule has 0 radical (unpaired) electrons. The van der Waals surface area contributed by atoms with Gasteiger partial charge in [0, 0.05) is 20.1 Å². The molecule has 0 bridgehead atoms. The van der Waals surface area contributed by atoms with E-state index in [0.29, 0.717) is 11.5 Å². The lowest BCUT2D eigenvalue weighted by atomic mass is 10.1. The molecular formula is C15H22N2O2. The summed E-state index contributed by atoms with van der Waals surface area (Å²) in [6, 6.07) is 5.63. The summed E-state index contributed by atoms with van der Waals surface area (Å²) in [5.41, 5.74) is 2.19. The Bertz CT molecular complexity index is 473. The number of likely N-dealkylation sites (tertiary alicyclic amines) is 1. The van der Waals surface area contributed by atoms with E-state index in [2.05, 4.69) is 16.8 Å². The van der Waals surface area contributed by atoms with Crippen LogP contribution in [0.15, 0.2) is 18.2 Å². The molecule has 1 atom stereocenters. The van der Waals surface area contributed by atoms with Gasteiger partial charge in [-0.1, -0.05) is 11.6 Å². The smallest absolute Gasteiger partial charge is 0.337 e. The second-order valence-corrected chi connectivity index (χ2v) is 5.62. The lowest BCUT2D eigenvalue weighted by molar-refractivity contribution is 0.0697. The molecule has 0 spiro atoms. The zero-order chi connectivity index (χ0) is 14.0. The van der Waals surface area contributed by atoms with E-state index in [-0.39, 0.29) is 0 Å². The highest BCUT2D eigenvalue weighted by atomic mass is 16.4. The number of nitrogens with zero attached hydrogens (tertiary/aromatic N) is 2. The number of hydrogen-bond acceptors (Lipinski definition) is 3. The van der Waals surface area contributed by atoms with Gasteiger partial charge in [-0.2, -0.15) is 0 Å². The predicted molar refractivity (Wildman–Crippen MR) is 77.0 cm³/mol. The third-order valence-electron chi connectivity index (χ3n) is 3.81. The van der Waals surface area contributed by atoms with Crippen LogP contribution in [-0.4, -0.2) is 49.7 Å².